The van der Waals surface area contributed by atoms with Gasteiger partial charge in [-0.2, -0.15) is 0 Å². The lowest BCUT2D eigenvalue weighted by Crippen LogP contribution is -2.57. The fraction of sp³-hybridized carbons (Fsp3) is 0.947. The largest absolute Gasteiger partial charge is 0.357 e. The van der Waals surface area contributed by atoms with Crippen molar-refractivity contribution >= 4 is 39.8 Å². The minimum absolute atomic E-state index is 0. The van der Waals surface area contributed by atoms with Gasteiger partial charge in [0.15, 0.2) is 15.8 Å². The minimum atomic E-state index is -3.03. The Hall–Kier alpha value is -0.0900. The smallest absolute Gasteiger partial charge is 0.194 e. The predicted octanol–water partition coefficient (Wildman–Crippen LogP) is 2.73. The van der Waals surface area contributed by atoms with Gasteiger partial charge in [-0.3, -0.25) is 9.89 Å². The first-order chi connectivity index (χ1) is 12.3. The van der Waals surface area contributed by atoms with E-state index in [1.165, 1.54) is 45.2 Å². The standard InChI is InChI=1S/C19H38N4O2S.HI/c1-5-7-11-22-12-9-8-10-17(22)15-21-18(20-6-2)23-13-14-26(24,25)19(3,4)16-23;/h17H,5-16H2,1-4H3,(H,20,21);1H. The van der Waals surface area contributed by atoms with Crippen LogP contribution in [0, 0.1) is 0 Å². The number of hydrogen-bond donors (Lipinski definition) is 1. The molecule has 8 heteroatoms. The number of hydrogen-bond acceptors (Lipinski definition) is 4. The van der Waals surface area contributed by atoms with Crippen molar-refractivity contribution in [1.29, 1.82) is 0 Å². The van der Waals surface area contributed by atoms with E-state index in [9.17, 15) is 8.42 Å². The molecule has 160 valence electrons. The Labute approximate surface area is 183 Å². The molecule has 0 bridgehead atoms. The fourth-order valence-electron chi connectivity index (χ4n) is 3.86. The van der Waals surface area contributed by atoms with Gasteiger partial charge in [-0.05, 0) is 53.1 Å². The van der Waals surface area contributed by atoms with E-state index < -0.39 is 14.6 Å². The summed E-state index contributed by atoms with van der Waals surface area (Å²) in [5, 5.41) is 3.38. The van der Waals surface area contributed by atoms with Crippen LogP contribution in [0.4, 0.5) is 0 Å². The molecular weight excluding hydrogens is 475 g/mol. The Morgan fingerprint density at radius 2 is 1.96 bits per heavy atom. The molecule has 2 aliphatic rings. The molecule has 0 saturated carbocycles. The molecule has 2 fully saturated rings. The van der Waals surface area contributed by atoms with Crippen LogP contribution in [0.2, 0.25) is 0 Å². The lowest BCUT2D eigenvalue weighted by Gasteiger charge is -2.40. The van der Waals surface area contributed by atoms with E-state index in [1.807, 2.05) is 13.8 Å². The molecule has 0 aliphatic carbocycles. The van der Waals surface area contributed by atoms with Crippen LogP contribution in [-0.2, 0) is 9.84 Å². The van der Waals surface area contributed by atoms with Crippen LogP contribution in [-0.4, -0.2) is 80.0 Å². The maximum absolute atomic E-state index is 12.3. The third kappa shape index (κ3) is 6.73. The number of aliphatic imine (C=N–C) groups is 1. The van der Waals surface area contributed by atoms with Crippen molar-refractivity contribution < 1.29 is 8.42 Å². The van der Waals surface area contributed by atoms with Crippen molar-refractivity contribution in [2.75, 3.05) is 45.0 Å². The molecule has 0 aromatic heterocycles. The number of guanidine groups is 1. The van der Waals surface area contributed by atoms with E-state index in [4.69, 9.17) is 4.99 Å². The molecule has 2 saturated heterocycles. The Kier molecular flexibility index (Phi) is 10.3. The molecule has 0 amide bonds. The maximum Gasteiger partial charge on any atom is 0.194 e. The van der Waals surface area contributed by atoms with Crippen LogP contribution in [0.25, 0.3) is 0 Å². The van der Waals surface area contributed by atoms with Crippen LogP contribution in [0.3, 0.4) is 0 Å². The molecule has 27 heavy (non-hydrogen) atoms. The zero-order chi connectivity index (χ0) is 19.2. The van der Waals surface area contributed by atoms with Crippen LogP contribution >= 0.6 is 24.0 Å². The number of unbranched alkanes of at least 4 members (excludes halogenated alkanes) is 1. The van der Waals surface area contributed by atoms with Crippen molar-refractivity contribution in [3.8, 4) is 0 Å². The van der Waals surface area contributed by atoms with Crippen LogP contribution < -0.4 is 5.32 Å². The Bertz CT molecular complexity index is 580. The zero-order valence-corrected chi connectivity index (χ0v) is 20.7. The summed E-state index contributed by atoms with van der Waals surface area (Å²) >= 11 is 0. The maximum atomic E-state index is 12.3. The molecule has 0 aromatic carbocycles. The van der Waals surface area contributed by atoms with Crippen LogP contribution in [0.5, 0.6) is 0 Å². The predicted molar refractivity (Wildman–Crippen MR) is 125 cm³/mol. The molecule has 1 unspecified atom stereocenters. The average Bonchev–Trinajstić information content (AvgIpc) is 2.60. The first-order valence-electron chi connectivity index (χ1n) is 10.3. The molecule has 6 nitrogen and oxygen atoms in total. The summed E-state index contributed by atoms with van der Waals surface area (Å²) in [5.74, 6) is 1.08. The van der Waals surface area contributed by atoms with Crippen LogP contribution in [0.1, 0.15) is 59.8 Å². The van der Waals surface area contributed by atoms with Gasteiger partial charge >= 0.3 is 0 Å². The molecule has 1 N–H and O–H groups in total. The summed E-state index contributed by atoms with van der Waals surface area (Å²) in [6, 6.07) is 0.519. The van der Waals surface area contributed by atoms with Crippen molar-refractivity contribution in [3.63, 3.8) is 0 Å². The topological polar surface area (TPSA) is 65.0 Å². The zero-order valence-electron chi connectivity index (χ0n) is 17.5. The second-order valence-corrected chi connectivity index (χ2v) is 11.0. The number of piperidine rings is 1. The lowest BCUT2D eigenvalue weighted by molar-refractivity contribution is 0.151. The summed E-state index contributed by atoms with van der Waals surface area (Å²) in [5.41, 5.74) is 0. The van der Waals surface area contributed by atoms with Gasteiger partial charge in [-0.1, -0.05) is 19.8 Å². The molecule has 1 atom stereocenters. The molecule has 2 heterocycles. The highest BCUT2D eigenvalue weighted by atomic mass is 127. The van der Waals surface area contributed by atoms with Crippen molar-refractivity contribution in [3.05, 3.63) is 0 Å². The molecule has 0 radical (unpaired) electrons. The van der Waals surface area contributed by atoms with Crippen molar-refractivity contribution in [1.82, 2.24) is 15.1 Å². The monoisotopic (exact) mass is 514 g/mol. The summed E-state index contributed by atoms with van der Waals surface area (Å²) in [6.45, 7) is 12.9. The number of halogens is 1. The second-order valence-electron chi connectivity index (χ2n) is 8.23. The van der Waals surface area contributed by atoms with Gasteiger partial charge in [-0.25, -0.2) is 8.42 Å². The number of sulfone groups is 1. The summed E-state index contributed by atoms with van der Waals surface area (Å²) in [6.07, 6.45) is 6.27. The molecule has 2 rings (SSSR count). The highest BCUT2D eigenvalue weighted by Gasteiger charge is 2.41. The van der Waals surface area contributed by atoms with E-state index in [1.54, 1.807) is 0 Å². The van der Waals surface area contributed by atoms with Gasteiger partial charge in [-0.15, -0.1) is 24.0 Å². The fourth-order valence-corrected chi connectivity index (χ4v) is 5.23. The Morgan fingerprint density at radius 1 is 1.22 bits per heavy atom. The number of rotatable bonds is 6. The van der Waals surface area contributed by atoms with E-state index >= 15 is 0 Å². The van der Waals surface area contributed by atoms with Gasteiger partial charge in [0.1, 0.15) is 0 Å². The first-order valence-corrected chi connectivity index (χ1v) is 12.0. The minimum Gasteiger partial charge on any atom is -0.357 e. The normalized spacial score (nSPS) is 25.7. The van der Waals surface area contributed by atoms with Gasteiger partial charge in [0.25, 0.3) is 0 Å². The Morgan fingerprint density at radius 3 is 2.59 bits per heavy atom. The molecule has 0 spiro atoms. The highest BCUT2D eigenvalue weighted by molar-refractivity contribution is 14.0. The first kappa shape index (κ1) is 24.9. The Balaban J connectivity index is 0.00000364. The van der Waals surface area contributed by atoms with E-state index in [0.29, 0.717) is 19.1 Å². The number of nitrogens with zero attached hydrogens (tertiary/aromatic N) is 3. The van der Waals surface area contributed by atoms with E-state index in [2.05, 4.69) is 29.0 Å². The number of nitrogens with one attached hydrogen (secondary N) is 1. The number of likely N-dealkylation sites (tertiary alicyclic amines) is 1. The summed E-state index contributed by atoms with van der Waals surface area (Å²) in [4.78, 5) is 9.66. The molecule has 2 aliphatic heterocycles. The van der Waals surface area contributed by atoms with E-state index in [0.717, 1.165) is 19.0 Å². The highest BCUT2D eigenvalue weighted by Crippen LogP contribution is 2.24. The van der Waals surface area contributed by atoms with Gasteiger partial charge in [0, 0.05) is 25.7 Å². The van der Waals surface area contributed by atoms with Crippen molar-refractivity contribution in [2.45, 2.75) is 70.6 Å². The van der Waals surface area contributed by atoms with E-state index in [-0.39, 0.29) is 29.7 Å². The van der Waals surface area contributed by atoms with Gasteiger partial charge < -0.3 is 10.2 Å². The third-order valence-corrected chi connectivity index (χ3v) is 8.21. The average molecular weight is 515 g/mol. The van der Waals surface area contributed by atoms with Gasteiger partial charge in [0.05, 0.1) is 17.0 Å². The SMILES string of the molecule is CCCCN1CCCCC1CN=C(NCC)N1CCS(=O)(=O)C(C)(C)C1.I. The summed E-state index contributed by atoms with van der Waals surface area (Å²) < 4.78 is 23.8. The van der Waals surface area contributed by atoms with Crippen LogP contribution in [0.15, 0.2) is 4.99 Å². The third-order valence-electron chi connectivity index (χ3n) is 5.68. The lowest BCUT2D eigenvalue weighted by atomic mass is 10.0. The van der Waals surface area contributed by atoms with Crippen molar-refractivity contribution in [2.24, 2.45) is 4.99 Å². The van der Waals surface area contributed by atoms with Gasteiger partial charge in [0.2, 0.25) is 0 Å². The molecular formula is C19H39IN4O2S. The second kappa shape index (κ2) is 11.2. The quantitative estimate of drug-likeness (QED) is 0.336. The summed E-state index contributed by atoms with van der Waals surface area (Å²) in [7, 11) is -3.03. The molecule has 0 aromatic rings.